The van der Waals surface area contributed by atoms with Crippen molar-refractivity contribution in [3.63, 3.8) is 0 Å². The Morgan fingerprint density at radius 3 is 2.46 bits per heavy atom. The van der Waals surface area contributed by atoms with Crippen molar-refractivity contribution < 1.29 is 26.7 Å². The lowest BCUT2D eigenvalue weighted by Gasteiger charge is -2.45. The molecule has 1 saturated carbocycles. The molecule has 7 atom stereocenters. The zero-order valence-electron chi connectivity index (χ0n) is 22.7. The maximum absolute atomic E-state index is 13.4. The molecular weight excluding hydrogens is 523 g/mol. The molecule has 0 aromatic carbocycles. The molecule has 7 unspecified atom stereocenters. The Labute approximate surface area is 227 Å². The maximum atomic E-state index is 13.4. The summed E-state index contributed by atoms with van der Waals surface area (Å²) in [5, 5.41) is 22.3. The number of likely N-dealkylation sites (N-methyl/N-ethyl adjacent to an activating group) is 1. The standard InChI is InChI=1S/C25H43F5N8O/c1-36-17-10-33-20(16-4-3-9-32-23(16)39-2)35-22(17)38(24(36)31)11-14-5-7-15(8-6-14)21-34-18(25(28,29)30)12-37(21)13-19(26)27/h14-23,31-35H,3-13H2,1-2H3. The molecule has 0 radical (unpaired) electrons. The number of rotatable bonds is 7. The SMILES string of the molecule is COC1NCCCC1C1NCC2C(N1)N(CC1CCC(C3NC(C(F)(F)F)CN3CC(F)F)CC1)C(=N)N2C. The molecule has 5 fully saturated rings. The van der Waals surface area contributed by atoms with Crippen molar-refractivity contribution in [1.82, 2.24) is 36.0 Å². The third-order valence-electron chi connectivity index (χ3n) is 9.57. The highest BCUT2D eigenvalue weighted by Gasteiger charge is 2.51. The fraction of sp³-hybridized carbons (Fsp3) is 0.960. The van der Waals surface area contributed by atoms with E-state index in [1.54, 1.807) is 7.11 Å². The van der Waals surface area contributed by atoms with E-state index in [1.165, 1.54) is 4.90 Å². The number of nitrogens with one attached hydrogen (secondary N) is 5. The number of ether oxygens (including phenoxy) is 1. The van der Waals surface area contributed by atoms with Gasteiger partial charge in [0, 0.05) is 39.7 Å². The molecule has 0 amide bonds. The van der Waals surface area contributed by atoms with E-state index >= 15 is 0 Å². The maximum Gasteiger partial charge on any atom is 0.405 e. The number of fused-ring (bicyclic) bond motifs is 1. The number of guanidine groups is 1. The minimum absolute atomic E-state index is 0.0171. The molecule has 5 rings (SSSR count). The van der Waals surface area contributed by atoms with Crippen LogP contribution in [0.3, 0.4) is 0 Å². The van der Waals surface area contributed by atoms with Crippen molar-refractivity contribution in [2.45, 2.75) is 87.9 Å². The van der Waals surface area contributed by atoms with Gasteiger partial charge in [0.25, 0.3) is 6.43 Å². The van der Waals surface area contributed by atoms with Crippen molar-refractivity contribution in [2.75, 3.05) is 46.9 Å². The predicted octanol–water partition coefficient (Wildman–Crippen LogP) is 1.59. The van der Waals surface area contributed by atoms with E-state index in [-0.39, 0.29) is 42.4 Å². The smallest absolute Gasteiger partial charge is 0.366 e. The van der Waals surface area contributed by atoms with Gasteiger partial charge in [0.1, 0.15) is 18.4 Å². The summed E-state index contributed by atoms with van der Waals surface area (Å²) in [4.78, 5) is 5.43. The molecule has 0 bridgehead atoms. The van der Waals surface area contributed by atoms with Crippen LogP contribution in [0.5, 0.6) is 0 Å². The Morgan fingerprint density at radius 1 is 1.05 bits per heavy atom. The number of halogens is 5. The van der Waals surface area contributed by atoms with Gasteiger partial charge in [-0.25, -0.2) is 8.78 Å². The van der Waals surface area contributed by atoms with Crippen LogP contribution in [0.25, 0.3) is 0 Å². The largest absolute Gasteiger partial charge is 0.405 e. The van der Waals surface area contributed by atoms with Crippen molar-refractivity contribution in [3.8, 4) is 0 Å². The highest BCUT2D eigenvalue weighted by Crippen LogP contribution is 2.37. The van der Waals surface area contributed by atoms with E-state index in [2.05, 4.69) is 26.2 Å². The first-order chi connectivity index (χ1) is 18.6. The van der Waals surface area contributed by atoms with Gasteiger partial charge >= 0.3 is 6.18 Å². The number of nitrogens with zero attached hydrogens (tertiary/aromatic N) is 3. The first-order valence-electron chi connectivity index (χ1n) is 14.3. The van der Waals surface area contributed by atoms with Crippen LogP contribution in [0.4, 0.5) is 22.0 Å². The van der Waals surface area contributed by atoms with Gasteiger partial charge in [-0.1, -0.05) is 0 Å². The fourth-order valence-corrected chi connectivity index (χ4v) is 7.49. The van der Waals surface area contributed by atoms with Crippen molar-refractivity contribution in [2.24, 2.45) is 17.8 Å². The number of hydrogen-bond acceptors (Lipinski definition) is 7. The minimum atomic E-state index is -4.46. The Bertz CT molecular complexity index is 844. The molecule has 1 aliphatic carbocycles. The highest BCUT2D eigenvalue weighted by molar-refractivity contribution is 5.80. The zero-order valence-corrected chi connectivity index (χ0v) is 22.7. The quantitative estimate of drug-likeness (QED) is 0.297. The van der Waals surface area contributed by atoms with E-state index in [4.69, 9.17) is 10.1 Å². The van der Waals surface area contributed by atoms with Gasteiger partial charge in [-0.2, -0.15) is 13.2 Å². The Kier molecular flexibility index (Phi) is 8.89. The van der Waals surface area contributed by atoms with E-state index in [9.17, 15) is 22.0 Å². The minimum Gasteiger partial charge on any atom is -0.366 e. The van der Waals surface area contributed by atoms with Crippen LogP contribution in [-0.4, -0.2) is 117 Å². The lowest BCUT2D eigenvalue weighted by molar-refractivity contribution is -0.151. The van der Waals surface area contributed by atoms with Gasteiger partial charge in [-0.15, -0.1) is 0 Å². The zero-order chi connectivity index (χ0) is 27.9. The van der Waals surface area contributed by atoms with Crippen LogP contribution in [0.2, 0.25) is 0 Å². The molecule has 5 N–H and O–H groups in total. The van der Waals surface area contributed by atoms with Gasteiger partial charge < -0.3 is 14.5 Å². The summed E-state index contributed by atoms with van der Waals surface area (Å²) in [6.07, 6.45) is -2.74. The molecule has 14 heteroatoms. The van der Waals surface area contributed by atoms with Crippen LogP contribution >= 0.6 is 0 Å². The lowest BCUT2D eigenvalue weighted by Crippen LogP contribution is -2.69. The van der Waals surface area contributed by atoms with E-state index in [0.29, 0.717) is 25.3 Å². The van der Waals surface area contributed by atoms with Crippen LogP contribution in [0, 0.1) is 23.2 Å². The molecule has 4 heterocycles. The predicted molar refractivity (Wildman–Crippen MR) is 136 cm³/mol. The Balaban J connectivity index is 1.19. The average molecular weight is 567 g/mol. The molecule has 5 aliphatic rings. The third kappa shape index (κ3) is 6.15. The summed E-state index contributed by atoms with van der Waals surface area (Å²) in [6, 6.07) is -1.65. The summed E-state index contributed by atoms with van der Waals surface area (Å²) >= 11 is 0. The van der Waals surface area contributed by atoms with Crippen LogP contribution < -0.4 is 21.3 Å². The van der Waals surface area contributed by atoms with Gasteiger partial charge in [-0.3, -0.25) is 31.6 Å². The summed E-state index contributed by atoms with van der Waals surface area (Å²) in [5.74, 6) is 0.917. The number of piperidine rings is 1. The van der Waals surface area contributed by atoms with E-state index in [0.717, 1.165) is 38.8 Å². The lowest BCUT2D eigenvalue weighted by atomic mass is 9.80. The molecule has 224 valence electrons. The average Bonchev–Trinajstić information content (AvgIpc) is 3.43. The normalized spacial score (nSPS) is 40.5. The second-order valence-electron chi connectivity index (χ2n) is 11.9. The van der Waals surface area contributed by atoms with Gasteiger partial charge in [0.15, 0.2) is 5.96 Å². The molecule has 0 aromatic heterocycles. The molecule has 0 aromatic rings. The van der Waals surface area contributed by atoms with Crippen molar-refractivity contribution in [3.05, 3.63) is 0 Å². The van der Waals surface area contributed by atoms with Gasteiger partial charge in [0.2, 0.25) is 0 Å². The first-order valence-corrected chi connectivity index (χ1v) is 14.3. The Hall–Kier alpha value is -1.32. The van der Waals surface area contributed by atoms with Crippen LogP contribution in [-0.2, 0) is 4.74 Å². The third-order valence-corrected chi connectivity index (χ3v) is 9.57. The molecular formula is C25H43F5N8O. The van der Waals surface area contributed by atoms with Crippen molar-refractivity contribution in [1.29, 1.82) is 5.41 Å². The molecule has 39 heavy (non-hydrogen) atoms. The van der Waals surface area contributed by atoms with E-state index < -0.39 is 37.9 Å². The highest BCUT2D eigenvalue weighted by atomic mass is 19.4. The van der Waals surface area contributed by atoms with Crippen LogP contribution in [0.15, 0.2) is 0 Å². The number of methoxy groups -OCH3 is 1. The molecule has 4 saturated heterocycles. The summed E-state index contributed by atoms with van der Waals surface area (Å²) in [5.41, 5.74) is 0. The monoisotopic (exact) mass is 566 g/mol. The summed E-state index contributed by atoms with van der Waals surface area (Å²) in [6.45, 7) is 1.30. The van der Waals surface area contributed by atoms with Gasteiger partial charge in [-0.05, 0) is 56.9 Å². The number of hydrogen-bond donors (Lipinski definition) is 5. The topological polar surface area (TPSA) is 90.9 Å². The Morgan fingerprint density at radius 2 is 1.79 bits per heavy atom. The second-order valence-corrected chi connectivity index (χ2v) is 11.9. The summed E-state index contributed by atoms with van der Waals surface area (Å²) < 4.78 is 72.1. The summed E-state index contributed by atoms with van der Waals surface area (Å²) in [7, 11) is 3.67. The van der Waals surface area contributed by atoms with E-state index in [1.807, 2.05) is 11.9 Å². The van der Waals surface area contributed by atoms with Crippen LogP contribution in [0.1, 0.15) is 38.5 Å². The second kappa shape index (κ2) is 11.9. The fourth-order valence-electron chi connectivity index (χ4n) is 7.49. The van der Waals surface area contributed by atoms with Crippen molar-refractivity contribution >= 4 is 5.96 Å². The number of alkyl halides is 5. The first kappa shape index (κ1) is 29.2. The van der Waals surface area contributed by atoms with Gasteiger partial charge in [0.05, 0.1) is 24.9 Å². The molecule has 4 aliphatic heterocycles. The molecule has 0 spiro atoms. The molecule has 9 nitrogen and oxygen atoms in total.